The normalized spacial score (nSPS) is 18.5. The minimum atomic E-state index is -1.86. The fourth-order valence-corrected chi connectivity index (χ4v) is 3.77. The van der Waals surface area contributed by atoms with Crippen LogP contribution in [-0.4, -0.2) is 32.8 Å². The van der Waals surface area contributed by atoms with Gasteiger partial charge < -0.3 is 9.16 Å². The topological polar surface area (TPSA) is 52.6 Å². The smallest absolute Gasteiger partial charge is 0.306 e. The summed E-state index contributed by atoms with van der Waals surface area (Å²) in [4.78, 5) is 23.7. The molecular formula is C22H36O4Si. The Morgan fingerprint density at radius 3 is 2.59 bits per heavy atom. The summed E-state index contributed by atoms with van der Waals surface area (Å²) in [6.45, 7) is 13.3. The molecule has 0 aliphatic heterocycles. The molecule has 0 N–H and O–H groups in total. The quantitative estimate of drug-likeness (QED) is 0.213. The molecule has 1 unspecified atom stereocenters. The molecule has 0 fully saturated rings. The van der Waals surface area contributed by atoms with Crippen molar-refractivity contribution in [1.29, 1.82) is 0 Å². The lowest BCUT2D eigenvalue weighted by Gasteiger charge is -2.37. The molecule has 1 atom stereocenters. The zero-order chi connectivity index (χ0) is 20.5. The molecule has 0 spiro atoms. The largest absolute Gasteiger partial charge is 0.461 e. The Bertz CT molecular complexity index is 594. The third kappa shape index (κ3) is 8.39. The molecule has 0 saturated heterocycles. The number of hydrogen-bond acceptors (Lipinski definition) is 4. The van der Waals surface area contributed by atoms with E-state index in [1.54, 1.807) is 0 Å². The van der Waals surface area contributed by atoms with Crippen LogP contribution in [0.5, 0.6) is 0 Å². The highest BCUT2D eigenvalue weighted by atomic mass is 28.4. The number of unbranched alkanes of at least 4 members (excludes halogenated alkanes) is 1. The first-order valence-electron chi connectivity index (χ1n) is 9.90. The standard InChI is InChI=1S/C22H36O4Si/c1-7-8-15-25-21(24)14-12-10-9-11-13-18-16-19(17-20(18)23)26-27(5,6)22(2,3)4/h7-9,11,16,19H,10,12-15,17H2,1-6H3. The van der Waals surface area contributed by atoms with E-state index in [9.17, 15) is 9.59 Å². The lowest BCUT2D eigenvalue weighted by Crippen LogP contribution is -2.43. The Balaban J connectivity index is 2.36. The Kier molecular flexibility index (Phi) is 9.40. The summed E-state index contributed by atoms with van der Waals surface area (Å²) in [6.07, 6.45) is 12.8. The molecule has 5 heteroatoms. The lowest BCUT2D eigenvalue weighted by atomic mass is 10.1. The fraction of sp³-hybridized carbons (Fsp3) is 0.636. The average Bonchev–Trinajstić information content (AvgIpc) is 2.88. The van der Waals surface area contributed by atoms with Crippen LogP contribution in [0.4, 0.5) is 0 Å². The molecule has 152 valence electrons. The zero-order valence-corrected chi connectivity index (χ0v) is 18.8. The highest BCUT2D eigenvalue weighted by Crippen LogP contribution is 2.38. The lowest BCUT2D eigenvalue weighted by molar-refractivity contribution is -0.142. The number of Topliss-reactive ketones (excluding diaryl/α,β-unsaturated/α-hetero) is 1. The fourth-order valence-electron chi connectivity index (χ4n) is 2.50. The van der Waals surface area contributed by atoms with Crippen molar-refractivity contribution in [3.05, 3.63) is 36.0 Å². The Morgan fingerprint density at radius 2 is 1.96 bits per heavy atom. The van der Waals surface area contributed by atoms with Crippen LogP contribution in [0.2, 0.25) is 18.1 Å². The maximum absolute atomic E-state index is 12.2. The maximum atomic E-state index is 12.2. The summed E-state index contributed by atoms with van der Waals surface area (Å²) >= 11 is 0. The maximum Gasteiger partial charge on any atom is 0.306 e. The van der Waals surface area contributed by atoms with E-state index < -0.39 is 8.32 Å². The molecule has 0 radical (unpaired) electrons. The molecule has 27 heavy (non-hydrogen) atoms. The molecule has 1 aliphatic rings. The monoisotopic (exact) mass is 392 g/mol. The zero-order valence-electron chi connectivity index (χ0n) is 17.8. The van der Waals surface area contributed by atoms with Crippen molar-refractivity contribution < 1.29 is 18.8 Å². The van der Waals surface area contributed by atoms with Gasteiger partial charge in [-0.2, -0.15) is 0 Å². The van der Waals surface area contributed by atoms with Gasteiger partial charge in [0.2, 0.25) is 0 Å². The third-order valence-corrected chi connectivity index (χ3v) is 9.72. The van der Waals surface area contributed by atoms with Crippen molar-refractivity contribution >= 4 is 20.1 Å². The van der Waals surface area contributed by atoms with E-state index in [1.165, 1.54) is 0 Å². The SMILES string of the molecule is CC=CCOC(=O)CCCC=CCC1=CC(O[Si](C)(C)C(C)(C)C)CC1=O. The first-order chi connectivity index (χ1) is 12.6. The van der Waals surface area contributed by atoms with Crippen molar-refractivity contribution in [2.75, 3.05) is 6.61 Å². The van der Waals surface area contributed by atoms with Gasteiger partial charge in [0.05, 0.1) is 6.10 Å². The number of ketones is 1. The molecular weight excluding hydrogens is 356 g/mol. The molecule has 0 bridgehead atoms. The minimum Gasteiger partial charge on any atom is -0.461 e. The van der Waals surface area contributed by atoms with Crippen LogP contribution in [0.15, 0.2) is 36.0 Å². The van der Waals surface area contributed by atoms with Crippen LogP contribution in [0, 0.1) is 0 Å². The van der Waals surface area contributed by atoms with Gasteiger partial charge in [-0.3, -0.25) is 9.59 Å². The molecule has 0 saturated carbocycles. The van der Waals surface area contributed by atoms with Gasteiger partial charge in [0.15, 0.2) is 14.1 Å². The Morgan fingerprint density at radius 1 is 1.26 bits per heavy atom. The molecule has 0 aromatic heterocycles. The van der Waals surface area contributed by atoms with Gasteiger partial charge >= 0.3 is 5.97 Å². The summed E-state index contributed by atoms with van der Waals surface area (Å²) in [6, 6.07) is 0. The second-order valence-corrected chi connectivity index (χ2v) is 13.3. The molecule has 0 amide bonds. The highest BCUT2D eigenvalue weighted by Gasteiger charge is 2.40. The van der Waals surface area contributed by atoms with Crippen molar-refractivity contribution in [2.24, 2.45) is 0 Å². The van der Waals surface area contributed by atoms with E-state index in [2.05, 4.69) is 33.9 Å². The van der Waals surface area contributed by atoms with E-state index in [0.29, 0.717) is 25.9 Å². The van der Waals surface area contributed by atoms with Crippen LogP contribution >= 0.6 is 0 Å². The predicted octanol–water partition coefficient (Wildman–Crippen LogP) is 5.51. The summed E-state index contributed by atoms with van der Waals surface area (Å²) in [7, 11) is -1.86. The van der Waals surface area contributed by atoms with E-state index in [4.69, 9.17) is 9.16 Å². The number of allylic oxidation sites excluding steroid dienone is 4. The van der Waals surface area contributed by atoms with E-state index in [-0.39, 0.29) is 22.9 Å². The summed E-state index contributed by atoms with van der Waals surface area (Å²) in [5.41, 5.74) is 0.848. The highest BCUT2D eigenvalue weighted by molar-refractivity contribution is 6.74. The van der Waals surface area contributed by atoms with Gasteiger partial charge in [-0.15, -0.1) is 0 Å². The summed E-state index contributed by atoms with van der Waals surface area (Å²) < 4.78 is 11.4. The first kappa shape index (κ1) is 23.6. The number of carbonyl (C=O) groups is 2. The molecule has 1 aliphatic carbocycles. The summed E-state index contributed by atoms with van der Waals surface area (Å²) in [5, 5.41) is 0.139. The van der Waals surface area contributed by atoms with Crippen molar-refractivity contribution in [3.63, 3.8) is 0 Å². The van der Waals surface area contributed by atoms with Gasteiger partial charge in [0, 0.05) is 12.8 Å². The number of rotatable bonds is 10. The predicted molar refractivity (Wildman–Crippen MR) is 113 cm³/mol. The molecule has 0 aromatic rings. The van der Waals surface area contributed by atoms with Crippen LogP contribution < -0.4 is 0 Å². The van der Waals surface area contributed by atoms with E-state index in [1.807, 2.05) is 37.3 Å². The van der Waals surface area contributed by atoms with E-state index in [0.717, 1.165) is 18.4 Å². The van der Waals surface area contributed by atoms with Crippen LogP contribution in [0.1, 0.15) is 59.8 Å². The molecule has 0 heterocycles. The van der Waals surface area contributed by atoms with E-state index >= 15 is 0 Å². The van der Waals surface area contributed by atoms with Crippen LogP contribution in [0.3, 0.4) is 0 Å². The van der Waals surface area contributed by atoms with Crippen molar-refractivity contribution in [3.8, 4) is 0 Å². The number of hydrogen-bond donors (Lipinski definition) is 0. The van der Waals surface area contributed by atoms with Gasteiger partial charge in [-0.05, 0) is 56.0 Å². The van der Waals surface area contributed by atoms with Crippen molar-refractivity contribution in [1.82, 2.24) is 0 Å². The van der Waals surface area contributed by atoms with Gasteiger partial charge in [0.1, 0.15) is 6.61 Å². The summed E-state index contributed by atoms with van der Waals surface area (Å²) in [5.74, 6) is 0.0247. The van der Waals surface area contributed by atoms with Gasteiger partial charge in [-0.1, -0.05) is 45.1 Å². The van der Waals surface area contributed by atoms with Crippen LogP contribution in [0.25, 0.3) is 0 Å². The first-order valence-corrected chi connectivity index (χ1v) is 12.8. The second kappa shape index (κ2) is 10.8. The Labute approximate surface area is 165 Å². The van der Waals surface area contributed by atoms with Gasteiger partial charge in [-0.25, -0.2) is 0 Å². The van der Waals surface area contributed by atoms with Crippen molar-refractivity contribution in [2.45, 2.75) is 84.0 Å². The minimum absolute atomic E-state index is 0.0752. The second-order valence-electron chi connectivity index (χ2n) is 8.56. The molecule has 1 rings (SSSR count). The average molecular weight is 393 g/mol. The Hall–Kier alpha value is -1.46. The number of esters is 1. The number of carbonyl (C=O) groups excluding carboxylic acids is 2. The van der Waals surface area contributed by atoms with Gasteiger partial charge in [0.25, 0.3) is 0 Å². The molecule has 0 aromatic carbocycles. The van der Waals surface area contributed by atoms with Crippen LogP contribution in [-0.2, 0) is 18.8 Å². The number of ether oxygens (including phenoxy) is 1. The molecule has 4 nitrogen and oxygen atoms in total. The third-order valence-electron chi connectivity index (χ3n) is 5.22.